The van der Waals surface area contributed by atoms with Crippen molar-refractivity contribution >= 4 is 17.3 Å². The Hall–Kier alpha value is -3.18. The molecule has 0 saturated carbocycles. The smallest absolute Gasteiger partial charge is 0.419 e. The quantitative estimate of drug-likeness (QED) is 0.557. The van der Waals surface area contributed by atoms with Crippen molar-refractivity contribution in [2.45, 2.75) is 25.1 Å². The molecule has 1 aliphatic rings. The molecule has 178 valence electrons. The Morgan fingerprint density at radius 3 is 2.67 bits per heavy atom. The van der Waals surface area contributed by atoms with Gasteiger partial charge in [0.25, 0.3) is 0 Å². The highest BCUT2D eigenvalue weighted by Gasteiger charge is 2.34. The summed E-state index contributed by atoms with van der Waals surface area (Å²) in [6, 6.07) is 3.71. The Morgan fingerprint density at radius 2 is 2.09 bits per heavy atom. The second kappa shape index (κ2) is 10.2. The molecule has 0 aliphatic carbocycles. The van der Waals surface area contributed by atoms with Crippen molar-refractivity contribution in [1.29, 1.82) is 0 Å². The van der Waals surface area contributed by atoms with Crippen molar-refractivity contribution in [2.75, 3.05) is 32.1 Å². The van der Waals surface area contributed by atoms with Gasteiger partial charge in [-0.2, -0.15) is 13.2 Å². The average molecular weight is 469 g/mol. The summed E-state index contributed by atoms with van der Waals surface area (Å²) < 4.78 is 58.2. The first-order valence-corrected chi connectivity index (χ1v) is 10.1. The van der Waals surface area contributed by atoms with Crippen LogP contribution in [0.15, 0.2) is 36.5 Å². The highest BCUT2D eigenvalue weighted by molar-refractivity contribution is 5.90. The zero-order valence-corrected chi connectivity index (χ0v) is 17.7. The number of halogens is 4. The molecule has 1 atom stereocenters. The first kappa shape index (κ1) is 24.5. The SMILES string of the molecule is COc1cc(NC(=O)N2CC=C(c3ncc(C(O)CCO)cc3F)CC2)ccc1C(F)(F)F. The minimum atomic E-state index is -4.58. The van der Waals surface area contributed by atoms with Crippen molar-refractivity contribution in [3.8, 4) is 5.75 Å². The molecular formula is C22H23F4N3O4. The number of hydrogen-bond acceptors (Lipinski definition) is 5. The molecule has 2 heterocycles. The van der Waals surface area contributed by atoms with Gasteiger partial charge in [-0.25, -0.2) is 9.18 Å². The second-order valence-electron chi connectivity index (χ2n) is 7.40. The average Bonchev–Trinajstić information content (AvgIpc) is 2.78. The third kappa shape index (κ3) is 5.79. The Labute approximate surface area is 187 Å². The maximum Gasteiger partial charge on any atom is 0.419 e. The number of pyridine rings is 1. The summed E-state index contributed by atoms with van der Waals surface area (Å²) in [4.78, 5) is 18.0. The highest BCUT2D eigenvalue weighted by Crippen LogP contribution is 2.37. The van der Waals surface area contributed by atoms with Crippen LogP contribution in [0.3, 0.4) is 0 Å². The maximum absolute atomic E-state index is 14.5. The number of benzene rings is 1. The number of hydrogen-bond donors (Lipinski definition) is 3. The number of aliphatic hydroxyl groups is 2. The highest BCUT2D eigenvalue weighted by atomic mass is 19.4. The normalized spacial score (nSPS) is 15.1. The van der Waals surface area contributed by atoms with Crippen molar-refractivity contribution < 1.29 is 37.3 Å². The predicted molar refractivity (Wildman–Crippen MR) is 112 cm³/mol. The Kier molecular flexibility index (Phi) is 7.54. The standard InChI is InChI=1S/C22H23F4N3O4/c1-33-19-11-15(2-3-16(19)22(24,25)26)28-21(32)29-7-4-13(5-8-29)20-17(23)10-14(12-27-20)18(31)6-9-30/h2-4,10-12,18,30-31H,5-9H2,1H3,(H,28,32). The number of nitrogens with zero attached hydrogens (tertiary/aromatic N) is 2. The predicted octanol–water partition coefficient (Wildman–Crippen LogP) is 3.99. The molecule has 33 heavy (non-hydrogen) atoms. The third-order valence-corrected chi connectivity index (χ3v) is 5.21. The number of alkyl halides is 3. The molecule has 1 aromatic carbocycles. The first-order chi connectivity index (χ1) is 15.6. The van der Waals surface area contributed by atoms with Crippen LogP contribution in [-0.4, -0.2) is 52.9 Å². The van der Waals surface area contributed by atoms with E-state index in [0.29, 0.717) is 12.0 Å². The van der Waals surface area contributed by atoms with E-state index < -0.39 is 35.4 Å². The van der Waals surface area contributed by atoms with Crippen LogP contribution in [0.4, 0.5) is 28.0 Å². The molecule has 1 unspecified atom stereocenters. The molecule has 0 fully saturated rings. The lowest BCUT2D eigenvalue weighted by Gasteiger charge is -2.27. The van der Waals surface area contributed by atoms with Crippen molar-refractivity contribution in [3.63, 3.8) is 0 Å². The molecule has 0 saturated heterocycles. The maximum atomic E-state index is 14.5. The zero-order chi connectivity index (χ0) is 24.2. The van der Waals surface area contributed by atoms with Gasteiger partial charge in [-0.15, -0.1) is 0 Å². The number of urea groups is 1. The molecule has 2 aromatic rings. The number of carbonyl (C=O) groups excluding carboxylic acids is 1. The van der Waals surface area contributed by atoms with E-state index in [4.69, 9.17) is 9.84 Å². The van der Waals surface area contributed by atoms with Crippen LogP contribution in [0.1, 0.15) is 35.8 Å². The minimum absolute atomic E-state index is 0.0675. The van der Waals surface area contributed by atoms with Crippen molar-refractivity contribution in [3.05, 3.63) is 59.2 Å². The fraction of sp³-hybridized carbons (Fsp3) is 0.364. The largest absolute Gasteiger partial charge is 0.496 e. The molecular weight excluding hydrogens is 446 g/mol. The fourth-order valence-corrected chi connectivity index (χ4v) is 3.43. The lowest BCUT2D eigenvalue weighted by molar-refractivity contribution is -0.138. The van der Waals surface area contributed by atoms with Crippen LogP contribution in [0, 0.1) is 5.82 Å². The summed E-state index contributed by atoms with van der Waals surface area (Å²) in [5.74, 6) is -1.03. The third-order valence-electron chi connectivity index (χ3n) is 5.21. The van der Waals surface area contributed by atoms with Gasteiger partial charge >= 0.3 is 12.2 Å². The van der Waals surface area contributed by atoms with Gasteiger partial charge in [0.2, 0.25) is 0 Å². The molecule has 11 heteroatoms. The van der Waals surface area contributed by atoms with Crippen LogP contribution in [-0.2, 0) is 6.18 Å². The summed E-state index contributed by atoms with van der Waals surface area (Å²) in [5.41, 5.74) is 0.162. The first-order valence-electron chi connectivity index (χ1n) is 10.1. The molecule has 0 spiro atoms. The van der Waals surface area contributed by atoms with E-state index in [1.807, 2.05) is 0 Å². The van der Waals surface area contributed by atoms with Gasteiger partial charge in [0.1, 0.15) is 17.3 Å². The summed E-state index contributed by atoms with van der Waals surface area (Å²) >= 11 is 0. The number of aromatic nitrogens is 1. The Bertz CT molecular complexity index is 1040. The number of ether oxygens (including phenoxy) is 1. The van der Waals surface area contributed by atoms with Gasteiger partial charge in [0.15, 0.2) is 0 Å². The molecule has 1 aliphatic heterocycles. The van der Waals surface area contributed by atoms with E-state index >= 15 is 0 Å². The van der Waals surface area contributed by atoms with Crippen molar-refractivity contribution in [1.82, 2.24) is 9.88 Å². The summed E-state index contributed by atoms with van der Waals surface area (Å²) in [6.45, 7) is 0.146. The van der Waals surface area contributed by atoms with Crippen LogP contribution in [0.5, 0.6) is 5.75 Å². The van der Waals surface area contributed by atoms with Gasteiger partial charge in [-0.05, 0) is 30.2 Å². The summed E-state index contributed by atoms with van der Waals surface area (Å²) in [7, 11) is 1.11. The van der Waals surface area contributed by atoms with Crippen LogP contribution in [0.25, 0.3) is 5.57 Å². The zero-order valence-electron chi connectivity index (χ0n) is 17.7. The molecule has 7 nitrogen and oxygen atoms in total. The van der Waals surface area contributed by atoms with Gasteiger partial charge in [0, 0.05) is 49.6 Å². The van der Waals surface area contributed by atoms with Crippen LogP contribution in [0.2, 0.25) is 0 Å². The van der Waals surface area contributed by atoms with E-state index in [1.54, 1.807) is 6.08 Å². The Morgan fingerprint density at radius 1 is 1.33 bits per heavy atom. The number of anilines is 1. The molecule has 1 aromatic heterocycles. The number of carbonyl (C=O) groups is 1. The van der Waals surface area contributed by atoms with Gasteiger partial charge in [-0.1, -0.05) is 6.08 Å². The second-order valence-corrected chi connectivity index (χ2v) is 7.40. The molecule has 3 rings (SSSR count). The number of methoxy groups -OCH3 is 1. The van der Waals surface area contributed by atoms with E-state index in [-0.39, 0.29) is 43.1 Å². The monoisotopic (exact) mass is 469 g/mol. The molecule has 0 radical (unpaired) electrons. The van der Waals surface area contributed by atoms with E-state index in [1.165, 1.54) is 17.2 Å². The molecule has 3 N–H and O–H groups in total. The Balaban J connectivity index is 1.67. The topological polar surface area (TPSA) is 94.9 Å². The number of nitrogens with one attached hydrogen (secondary N) is 1. The van der Waals surface area contributed by atoms with Gasteiger partial charge in [0.05, 0.1) is 18.8 Å². The fourth-order valence-electron chi connectivity index (χ4n) is 3.43. The lowest BCUT2D eigenvalue weighted by Crippen LogP contribution is -2.38. The number of amides is 2. The van der Waals surface area contributed by atoms with Crippen LogP contribution < -0.4 is 10.1 Å². The number of aliphatic hydroxyl groups excluding tert-OH is 2. The molecule has 2 amide bonds. The van der Waals surface area contributed by atoms with E-state index in [0.717, 1.165) is 25.3 Å². The van der Waals surface area contributed by atoms with Crippen LogP contribution >= 0.6 is 0 Å². The van der Waals surface area contributed by atoms with E-state index in [2.05, 4.69) is 10.3 Å². The van der Waals surface area contributed by atoms with E-state index in [9.17, 15) is 27.5 Å². The van der Waals surface area contributed by atoms with Gasteiger partial charge < -0.3 is 25.2 Å². The minimum Gasteiger partial charge on any atom is -0.496 e. The van der Waals surface area contributed by atoms with Gasteiger partial charge in [-0.3, -0.25) is 4.98 Å². The molecule has 0 bridgehead atoms. The number of rotatable bonds is 6. The summed E-state index contributed by atoms with van der Waals surface area (Å²) in [5, 5.41) is 21.3. The lowest BCUT2D eigenvalue weighted by atomic mass is 10.0. The summed E-state index contributed by atoms with van der Waals surface area (Å²) in [6.07, 6.45) is -2.23. The van der Waals surface area contributed by atoms with Crippen molar-refractivity contribution in [2.24, 2.45) is 0 Å².